The summed E-state index contributed by atoms with van der Waals surface area (Å²) in [6, 6.07) is 8.39. The summed E-state index contributed by atoms with van der Waals surface area (Å²) in [4.78, 5) is 26.3. The van der Waals surface area contributed by atoms with E-state index in [9.17, 15) is 14.9 Å². The minimum Gasteiger partial charge on any atom is -0.351 e. The number of thiophene rings is 1. The Bertz CT molecular complexity index is 774. The topological polar surface area (TPSA) is 75.5 Å². The molecule has 2 aromatic rings. The van der Waals surface area contributed by atoms with E-state index in [0.717, 1.165) is 32.5 Å². The van der Waals surface area contributed by atoms with E-state index in [1.54, 1.807) is 0 Å². The fourth-order valence-corrected chi connectivity index (χ4v) is 4.27. The molecule has 0 unspecified atom stereocenters. The number of amides is 1. The summed E-state index contributed by atoms with van der Waals surface area (Å²) < 4.78 is 0. The zero-order valence-corrected chi connectivity index (χ0v) is 15.8. The summed E-state index contributed by atoms with van der Waals surface area (Å²) in [5, 5.41) is 15.9. The Hall–Kier alpha value is -1.96. The van der Waals surface area contributed by atoms with Crippen LogP contribution in [0.5, 0.6) is 0 Å². The van der Waals surface area contributed by atoms with Crippen LogP contribution in [0.25, 0.3) is 0 Å². The van der Waals surface area contributed by atoms with Crippen LogP contribution < -0.4 is 5.32 Å². The molecule has 1 N–H and O–H groups in total. The van der Waals surface area contributed by atoms with E-state index in [4.69, 9.17) is 11.6 Å². The highest BCUT2D eigenvalue weighted by Crippen LogP contribution is 2.30. The molecule has 0 radical (unpaired) electrons. The maximum atomic E-state index is 12.2. The maximum absolute atomic E-state index is 12.2. The standard InChI is InChI=1S/C18H20ClN3O3S/c19-15-4-3-14(12-16(15)22(24)25)18(23)20-7-10-21-8-5-13(6-9-21)17-2-1-11-26-17/h1-4,11-13H,5-10H2,(H,20,23). The number of hydrogen-bond donors (Lipinski definition) is 1. The van der Waals surface area contributed by atoms with Crippen molar-refractivity contribution in [1.29, 1.82) is 0 Å². The van der Waals surface area contributed by atoms with Gasteiger partial charge in [-0.2, -0.15) is 0 Å². The molecule has 8 heteroatoms. The second kappa shape index (κ2) is 8.62. The smallest absolute Gasteiger partial charge is 0.288 e. The largest absolute Gasteiger partial charge is 0.351 e. The van der Waals surface area contributed by atoms with Crippen LogP contribution in [-0.2, 0) is 0 Å². The van der Waals surface area contributed by atoms with Gasteiger partial charge in [0.05, 0.1) is 4.92 Å². The molecule has 2 heterocycles. The van der Waals surface area contributed by atoms with Gasteiger partial charge in [-0.25, -0.2) is 0 Å². The fraction of sp³-hybridized carbons (Fsp3) is 0.389. The predicted molar refractivity (Wildman–Crippen MR) is 103 cm³/mol. The first-order valence-electron chi connectivity index (χ1n) is 8.52. The lowest BCUT2D eigenvalue weighted by atomic mass is 9.95. The molecule has 1 aromatic carbocycles. The molecular formula is C18H20ClN3O3S. The second-order valence-electron chi connectivity index (χ2n) is 6.31. The lowest BCUT2D eigenvalue weighted by molar-refractivity contribution is -0.384. The van der Waals surface area contributed by atoms with Gasteiger partial charge in [0.15, 0.2) is 0 Å². The molecule has 0 spiro atoms. The van der Waals surface area contributed by atoms with Crippen LogP contribution in [-0.4, -0.2) is 41.9 Å². The summed E-state index contributed by atoms with van der Waals surface area (Å²) in [6.07, 6.45) is 2.27. The first-order valence-corrected chi connectivity index (χ1v) is 9.78. The Morgan fingerprint density at radius 3 is 2.77 bits per heavy atom. The van der Waals surface area contributed by atoms with Gasteiger partial charge in [0, 0.05) is 29.6 Å². The summed E-state index contributed by atoms with van der Waals surface area (Å²) in [6.45, 7) is 3.33. The molecule has 1 saturated heterocycles. The molecule has 26 heavy (non-hydrogen) atoms. The van der Waals surface area contributed by atoms with Crippen LogP contribution >= 0.6 is 22.9 Å². The summed E-state index contributed by atoms with van der Waals surface area (Å²) in [7, 11) is 0. The monoisotopic (exact) mass is 393 g/mol. The van der Waals surface area contributed by atoms with Gasteiger partial charge < -0.3 is 10.2 Å². The molecule has 0 aliphatic carbocycles. The van der Waals surface area contributed by atoms with Gasteiger partial charge in [-0.3, -0.25) is 14.9 Å². The molecule has 138 valence electrons. The summed E-state index contributed by atoms with van der Waals surface area (Å²) in [5.74, 6) is 0.327. The number of hydrogen-bond acceptors (Lipinski definition) is 5. The first kappa shape index (κ1) is 18.8. The third-order valence-corrected chi connectivity index (χ3v) is 6.01. The number of halogens is 1. The van der Waals surface area contributed by atoms with E-state index < -0.39 is 4.92 Å². The van der Waals surface area contributed by atoms with Crippen LogP contribution in [0.3, 0.4) is 0 Å². The third-order valence-electron chi connectivity index (χ3n) is 4.65. The van der Waals surface area contributed by atoms with Gasteiger partial charge in [0.25, 0.3) is 11.6 Å². The quantitative estimate of drug-likeness (QED) is 0.596. The lowest BCUT2D eigenvalue weighted by Crippen LogP contribution is -2.39. The number of piperidine rings is 1. The van der Waals surface area contributed by atoms with Crippen LogP contribution in [0.15, 0.2) is 35.7 Å². The Balaban J connectivity index is 1.44. The number of nitro groups is 1. The molecule has 1 aromatic heterocycles. The molecule has 1 aliphatic rings. The van der Waals surface area contributed by atoms with Gasteiger partial charge in [-0.15, -0.1) is 11.3 Å². The normalized spacial score (nSPS) is 15.7. The fourth-order valence-electron chi connectivity index (χ4n) is 3.19. The molecule has 6 nitrogen and oxygen atoms in total. The SMILES string of the molecule is O=C(NCCN1CCC(c2cccs2)CC1)c1ccc(Cl)c([N+](=O)[O-])c1. The number of benzene rings is 1. The van der Waals surface area contributed by atoms with E-state index in [1.165, 1.54) is 23.1 Å². The number of nitrogens with zero attached hydrogens (tertiary/aromatic N) is 2. The zero-order valence-electron chi connectivity index (χ0n) is 14.2. The first-order chi connectivity index (χ1) is 12.5. The number of carbonyl (C=O) groups excluding carboxylic acids is 1. The van der Waals surface area contributed by atoms with Gasteiger partial charge in [-0.1, -0.05) is 17.7 Å². The van der Waals surface area contributed by atoms with Crippen molar-refractivity contribution in [1.82, 2.24) is 10.2 Å². The highest BCUT2D eigenvalue weighted by Gasteiger charge is 2.21. The van der Waals surface area contributed by atoms with E-state index in [-0.39, 0.29) is 22.2 Å². The van der Waals surface area contributed by atoms with Crippen molar-refractivity contribution >= 4 is 34.5 Å². The molecule has 1 aliphatic heterocycles. The third kappa shape index (κ3) is 4.60. The van der Waals surface area contributed by atoms with Gasteiger partial charge in [0.2, 0.25) is 0 Å². The summed E-state index contributed by atoms with van der Waals surface area (Å²) >= 11 is 7.59. The van der Waals surface area contributed by atoms with E-state index in [0.29, 0.717) is 12.5 Å². The Morgan fingerprint density at radius 2 is 2.12 bits per heavy atom. The van der Waals surface area contributed by atoms with Crippen LogP contribution in [0, 0.1) is 10.1 Å². The van der Waals surface area contributed by atoms with Crippen molar-refractivity contribution in [2.24, 2.45) is 0 Å². The predicted octanol–water partition coefficient (Wildman–Crippen LogP) is 3.92. The van der Waals surface area contributed by atoms with E-state index in [1.807, 2.05) is 11.3 Å². The van der Waals surface area contributed by atoms with Crippen molar-refractivity contribution in [3.63, 3.8) is 0 Å². The average molecular weight is 394 g/mol. The van der Waals surface area contributed by atoms with E-state index >= 15 is 0 Å². The molecule has 3 rings (SSSR count). The number of likely N-dealkylation sites (tertiary alicyclic amines) is 1. The van der Waals surface area contributed by atoms with Crippen molar-refractivity contribution in [3.8, 4) is 0 Å². The minimum atomic E-state index is -0.586. The number of nitro benzene ring substituents is 1. The number of nitrogens with one attached hydrogen (secondary N) is 1. The molecule has 1 fully saturated rings. The van der Waals surface area contributed by atoms with Crippen molar-refractivity contribution < 1.29 is 9.72 Å². The summed E-state index contributed by atoms with van der Waals surface area (Å²) in [5.41, 5.74) is -0.00697. The molecule has 0 saturated carbocycles. The highest BCUT2D eigenvalue weighted by molar-refractivity contribution is 7.10. The highest BCUT2D eigenvalue weighted by atomic mass is 35.5. The average Bonchev–Trinajstić information content (AvgIpc) is 3.17. The van der Waals surface area contributed by atoms with E-state index in [2.05, 4.69) is 27.7 Å². The zero-order chi connectivity index (χ0) is 18.5. The maximum Gasteiger partial charge on any atom is 0.288 e. The lowest BCUT2D eigenvalue weighted by Gasteiger charge is -2.31. The molecule has 1 amide bonds. The van der Waals surface area contributed by atoms with Gasteiger partial charge in [0.1, 0.15) is 5.02 Å². The Labute approximate surface area is 160 Å². The number of carbonyl (C=O) groups is 1. The molecule has 0 bridgehead atoms. The van der Waals surface area contributed by atoms with Crippen LogP contribution in [0.1, 0.15) is 34.0 Å². The number of rotatable bonds is 6. The van der Waals surface area contributed by atoms with Crippen molar-refractivity contribution in [2.45, 2.75) is 18.8 Å². The van der Waals surface area contributed by atoms with Crippen molar-refractivity contribution in [3.05, 3.63) is 61.3 Å². The van der Waals surface area contributed by atoms with Crippen molar-refractivity contribution in [2.75, 3.05) is 26.2 Å². The molecular weight excluding hydrogens is 374 g/mol. The Kier molecular flexibility index (Phi) is 6.24. The van der Waals surface area contributed by atoms with Crippen LogP contribution in [0.2, 0.25) is 5.02 Å². The minimum absolute atomic E-state index is 0.0279. The van der Waals surface area contributed by atoms with Gasteiger partial charge >= 0.3 is 0 Å². The van der Waals surface area contributed by atoms with Gasteiger partial charge in [-0.05, 0) is 55.4 Å². The molecule has 0 atom stereocenters. The Morgan fingerprint density at radius 1 is 1.35 bits per heavy atom. The second-order valence-corrected chi connectivity index (χ2v) is 7.70. The van der Waals surface area contributed by atoms with Crippen LogP contribution in [0.4, 0.5) is 5.69 Å².